The molecule has 5 nitrogen and oxygen atoms in total. The van der Waals surface area contributed by atoms with Crippen LogP contribution in [-0.2, 0) is 4.74 Å². The van der Waals surface area contributed by atoms with E-state index in [1.54, 1.807) is 0 Å². The molecule has 2 N–H and O–H groups in total. The Balaban J connectivity index is 1.60. The van der Waals surface area contributed by atoms with Gasteiger partial charge in [0, 0.05) is 31.3 Å². The highest BCUT2D eigenvalue weighted by Gasteiger charge is 2.25. The van der Waals surface area contributed by atoms with Crippen LogP contribution in [0.1, 0.15) is 42.7 Å². The molecule has 1 aromatic rings. The van der Waals surface area contributed by atoms with Crippen LogP contribution in [0.4, 0.5) is 0 Å². The van der Waals surface area contributed by atoms with Gasteiger partial charge in [0.2, 0.25) is 0 Å². The fraction of sp³-hybridized carbons (Fsp3) is 0.688. The third kappa shape index (κ3) is 3.30. The molecule has 2 unspecified atom stereocenters. The van der Waals surface area contributed by atoms with Crippen LogP contribution < -0.4 is 10.6 Å². The minimum Gasteiger partial charge on any atom is -0.378 e. The van der Waals surface area contributed by atoms with Crippen LogP contribution in [0.2, 0.25) is 0 Å². The molecule has 0 spiro atoms. The van der Waals surface area contributed by atoms with Crippen molar-refractivity contribution in [3.8, 4) is 0 Å². The van der Waals surface area contributed by atoms with Crippen LogP contribution in [0.5, 0.6) is 0 Å². The number of nitrogens with zero attached hydrogens (tertiary/aromatic N) is 1. The second-order valence-corrected chi connectivity index (χ2v) is 6.12. The Hall–Kier alpha value is -1.33. The van der Waals surface area contributed by atoms with Crippen molar-refractivity contribution in [1.29, 1.82) is 0 Å². The summed E-state index contributed by atoms with van der Waals surface area (Å²) < 4.78 is 7.69. The molecule has 0 bridgehead atoms. The number of carbonyl (C=O) groups is 1. The van der Waals surface area contributed by atoms with Gasteiger partial charge in [0.25, 0.3) is 5.91 Å². The van der Waals surface area contributed by atoms with Gasteiger partial charge in [-0.25, -0.2) is 0 Å². The van der Waals surface area contributed by atoms with Crippen molar-refractivity contribution in [2.75, 3.05) is 26.2 Å². The predicted molar refractivity (Wildman–Crippen MR) is 81.4 cm³/mol. The molecular formula is C16H25N3O2. The summed E-state index contributed by atoms with van der Waals surface area (Å²) in [6.45, 7) is 5.66. The molecule has 3 rings (SSSR count). The first kappa shape index (κ1) is 14.6. The van der Waals surface area contributed by atoms with E-state index in [4.69, 9.17) is 4.74 Å². The van der Waals surface area contributed by atoms with Crippen LogP contribution in [0.15, 0.2) is 18.3 Å². The average molecular weight is 291 g/mol. The Bertz CT molecular complexity index is 480. The molecule has 0 radical (unpaired) electrons. The van der Waals surface area contributed by atoms with Crippen molar-refractivity contribution < 1.29 is 9.53 Å². The topological polar surface area (TPSA) is 55.3 Å². The molecule has 2 aliphatic rings. The molecule has 2 atom stereocenters. The summed E-state index contributed by atoms with van der Waals surface area (Å²) in [7, 11) is 0. The summed E-state index contributed by atoms with van der Waals surface area (Å²) in [5, 5.41) is 6.45. The van der Waals surface area contributed by atoms with Gasteiger partial charge in [-0.1, -0.05) is 0 Å². The monoisotopic (exact) mass is 291 g/mol. The molecule has 2 saturated heterocycles. The van der Waals surface area contributed by atoms with Crippen molar-refractivity contribution in [1.82, 2.24) is 15.2 Å². The fourth-order valence-electron chi connectivity index (χ4n) is 3.35. The maximum Gasteiger partial charge on any atom is 0.267 e. The molecular weight excluding hydrogens is 266 g/mol. The van der Waals surface area contributed by atoms with Crippen LogP contribution in [0.3, 0.4) is 0 Å². The van der Waals surface area contributed by atoms with Crippen LogP contribution in [-0.4, -0.2) is 42.8 Å². The van der Waals surface area contributed by atoms with E-state index < -0.39 is 0 Å². The van der Waals surface area contributed by atoms with Gasteiger partial charge < -0.3 is 19.9 Å². The zero-order valence-electron chi connectivity index (χ0n) is 12.7. The first-order valence-electron chi connectivity index (χ1n) is 8.03. The van der Waals surface area contributed by atoms with Gasteiger partial charge in [-0.15, -0.1) is 0 Å². The van der Waals surface area contributed by atoms with Gasteiger partial charge in [-0.2, -0.15) is 0 Å². The Morgan fingerprint density at radius 2 is 2.24 bits per heavy atom. The Labute approximate surface area is 126 Å². The van der Waals surface area contributed by atoms with Crippen molar-refractivity contribution in [3.05, 3.63) is 24.0 Å². The number of piperidine rings is 1. The summed E-state index contributed by atoms with van der Waals surface area (Å²) >= 11 is 0. The van der Waals surface area contributed by atoms with Crippen LogP contribution in [0.25, 0.3) is 0 Å². The van der Waals surface area contributed by atoms with E-state index in [1.807, 2.05) is 18.3 Å². The SMILES string of the molecule is CC1OCCC1CNC(=O)c1cccn1C1CCNCC1. The molecule has 3 heterocycles. The lowest BCUT2D eigenvalue weighted by atomic mass is 10.0. The average Bonchev–Trinajstić information content (AvgIpc) is 3.15. The molecule has 0 aliphatic carbocycles. The minimum atomic E-state index is 0.0395. The molecule has 116 valence electrons. The number of ether oxygens (including phenoxy) is 1. The summed E-state index contributed by atoms with van der Waals surface area (Å²) in [6.07, 6.45) is 5.50. The second-order valence-electron chi connectivity index (χ2n) is 6.12. The zero-order valence-corrected chi connectivity index (χ0v) is 12.7. The first-order chi connectivity index (χ1) is 10.3. The van der Waals surface area contributed by atoms with E-state index in [-0.39, 0.29) is 12.0 Å². The fourth-order valence-corrected chi connectivity index (χ4v) is 3.35. The van der Waals surface area contributed by atoms with Crippen LogP contribution in [0, 0.1) is 5.92 Å². The van der Waals surface area contributed by atoms with Gasteiger partial charge in [0.1, 0.15) is 5.69 Å². The van der Waals surface area contributed by atoms with Gasteiger partial charge in [-0.3, -0.25) is 4.79 Å². The van der Waals surface area contributed by atoms with Gasteiger partial charge >= 0.3 is 0 Å². The maximum absolute atomic E-state index is 12.4. The Morgan fingerprint density at radius 3 is 2.95 bits per heavy atom. The van der Waals surface area contributed by atoms with Crippen molar-refractivity contribution in [2.45, 2.75) is 38.3 Å². The summed E-state index contributed by atoms with van der Waals surface area (Å²) in [6, 6.07) is 4.33. The third-order valence-corrected chi connectivity index (χ3v) is 4.77. The molecule has 1 aromatic heterocycles. The number of rotatable bonds is 4. The predicted octanol–water partition coefficient (Wildman–Crippen LogP) is 1.57. The minimum absolute atomic E-state index is 0.0395. The normalized spacial score (nSPS) is 26.9. The summed E-state index contributed by atoms with van der Waals surface area (Å²) in [5.74, 6) is 0.480. The first-order valence-corrected chi connectivity index (χ1v) is 8.03. The quantitative estimate of drug-likeness (QED) is 0.885. The van der Waals surface area contributed by atoms with Gasteiger partial charge in [0.05, 0.1) is 6.10 Å². The standard InChI is InChI=1S/C16H25N3O2/c1-12-13(6-10-21-12)11-18-16(20)15-3-2-9-19(15)14-4-7-17-8-5-14/h2-3,9,12-14,17H,4-8,10-11H2,1H3,(H,18,20). The zero-order chi connectivity index (χ0) is 14.7. The lowest BCUT2D eigenvalue weighted by Crippen LogP contribution is -2.35. The number of hydrogen-bond acceptors (Lipinski definition) is 3. The van der Waals surface area contributed by atoms with E-state index in [1.165, 1.54) is 0 Å². The molecule has 21 heavy (non-hydrogen) atoms. The van der Waals surface area contributed by atoms with E-state index in [2.05, 4.69) is 22.1 Å². The van der Waals surface area contributed by atoms with Gasteiger partial charge in [-0.05, 0) is 51.4 Å². The molecule has 0 aromatic carbocycles. The molecule has 1 amide bonds. The van der Waals surface area contributed by atoms with Gasteiger partial charge in [0.15, 0.2) is 0 Å². The molecule has 2 fully saturated rings. The number of aromatic nitrogens is 1. The lowest BCUT2D eigenvalue weighted by Gasteiger charge is -2.26. The van der Waals surface area contributed by atoms with Crippen LogP contribution >= 0.6 is 0 Å². The second kappa shape index (κ2) is 6.62. The van der Waals surface area contributed by atoms with Crippen molar-refractivity contribution >= 4 is 5.91 Å². The Morgan fingerprint density at radius 1 is 1.43 bits per heavy atom. The number of hydrogen-bond donors (Lipinski definition) is 2. The molecule has 5 heteroatoms. The number of carbonyl (C=O) groups excluding carboxylic acids is 1. The largest absolute Gasteiger partial charge is 0.378 e. The van der Waals surface area contributed by atoms with E-state index in [0.29, 0.717) is 18.5 Å². The van der Waals surface area contributed by atoms with Crippen molar-refractivity contribution in [3.63, 3.8) is 0 Å². The number of nitrogens with one attached hydrogen (secondary N) is 2. The third-order valence-electron chi connectivity index (χ3n) is 4.77. The van der Waals surface area contributed by atoms with E-state index in [0.717, 1.165) is 44.7 Å². The van der Waals surface area contributed by atoms with Crippen molar-refractivity contribution in [2.24, 2.45) is 5.92 Å². The smallest absolute Gasteiger partial charge is 0.267 e. The van der Waals surface area contributed by atoms with E-state index >= 15 is 0 Å². The van der Waals surface area contributed by atoms with E-state index in [9.17, 15) is 4.79 Å². The molecule has 2 aliphatic heterocycles. The lowest BCUT2D eigenvalue weighted by molar-refractivity contribution is 0.0896. The summed E-state index contributed by atoms with van der Waals surface area (Å²) in [4.78, 5) is 12.4. The highest BCUT2D eigenvalue weighted by atomic mass is 16.5. The maximum atomic E-state index is 12.4. The summed E-state index contributed by atoms with van der Waals surface area (Å²) in [5.41, 5.74) is 0.786. The Kier molecular flexibility index (Phi) is 4.60. The highest BCUT2D eigenvalue weighted by Crippen LogP contribution is 2.22. The number of amides is 1. The molecule has 0 saturated carbocycles. The highest BCUT2D eigenvalue weighted by molar-refractivity contribution is 5.92.